The lowest BCUT2D eigenvalue weighted by molar-refractivity contribution is -0.159. The van der Waals surface area contributed by atoms with Crippen LogP contribution in [0.4, 0.5) is 0 Å². The Balaban J connectivity index is 3.71. The van der Waals surface area contributed by atoms with E-state index in [0.29, 0.717) is 6.61 Å². The number of unbranched alkanes of at least 4 members (excludes halogenated alkanes) is 3. The minimum atomic E-state index is -0.516. The van der Waals surface area contributed by atoms with Gasteiger partial charge in [0.05, 0.1) is 6.61 Å². The fourth-order valence-corrected chi connectivity index (χ4v) is 1.41. The van der Waals surface area contributed by atoms with E-state index in [1.807, 2.05) is 0 Å². The van der Waals surface area contributed by atoms with Gasteiger partial charge in [-0.2, -0.15) is 0 Å². The van der Waals surface area contributed by atoms with E-state index in [1.165, 1.54) is 26.7 Å². The highest BCUT2D eigenvalue weighted by Gasteiger charge is 2.14. The lowest BCUT2D eigenvalue weighted by atomic mass is 10.2. The summed E-state index contributed by atoms with van der Waals surface area (Å²) >= 11 is 0. The molecule has 0 heterocycles. The molecule has 0 spiro atoms. The van der Waals surface area contributed by atoms with Crippen LogP contribution in [0.3, 0.4) is 0 Å². The van der Waals surface area contributed by atoms with Gasteiger partial charge in [-0.3, -0.25) is 9.59 Å². The van der Waals surface area contributed by atoms with Crippen LogP contribution in [0.2, 0.25) is 0 Å². The summed E-state index contributed by atoms with van der Waals surface area (Å²) in [6.45, 7) is 5.73. The zero-order chi connectivity index (χ0) is 13.8. The average Bonchev–Trinajstić information content (AvgIpc) is 2.29. The van der Waals surface area contributed by atoms with Crippen molar-refractivity contribution in [2.45, 2.75) is 52.6 Å². The van der Waals surface area contributed by atoms with Crippen molar-refractivity contribution in [1.82, 2.24) is 0 Å². The highest BCUT2D eigenvalue weighted by atomic mass is 16.6. The summed E-state index contributed by atoms with van der Waals surface area (Å²) in [5.74, 6) is -0.795. The van der Waals surface area contributed by atoms with Crippen molar-refractivity contribution < 1.29 is 23.8 Å². The van der Waals surface area contributed by atoms with Crippen LogP contribution in [-0.4, -0.2) is 37.9 Å². The Bertz CT molecular complexity index is 240. The molecule has 0 rings (SSSR count). The molecule has 0 radical (unpaired) electrons. The van der Waals surface area contributed by atoms with Crippen molar-refractivity contribution in [1.29, 1.82) is 0 Å². The summed E-state index contributed by atoms with van der Waals surface area (Å²) in [7, 11) is 0. The standard InChI is InChI=1S/C13H24O5/c1-4-5-6-7-8-16-9-13(18-12(3)15)10-17-11(2)14/h13H,4-10H2,1-3H3. The van der Waals surface area contributed by atoms with Gasteiger partial charge in [0.1, 0.15) is 6.61 Å². The van der Waals surface area contributed by atoms with Crippen LogP contribution in [0.15, 0.2) is 0 Å². The first kappa shape index (κ1) is 16.9. The Labute approximate surface area is 109 Å². The van der Waals surface area contributed by atoms with Crippen LogP contribution in [0.1, 0.15) is 46.5 Å². The molecule has 0 bridgehead atoms. The minimum absolute atomic E-state index is 0.0455. The van der Waals surface area contributed by atoms with E-state index in [-0.39, 0.29) is 13.2 Å². The lowest BCUT2D eigenvalue weighted by Crippen LogP contribution is -2.28. The van der Waals surface area contributed by atoms with Crippen molar-refractivity contribution in [3.63, 3.8) is 0 Å². The third-order valence-electron chi connectivity index (χ3n) is 2.25. The monoisotopic (exact) mass is 260 g/mol. The number of hydrogen-bond acceptors (Lipinski definition) is 5. The van der Waals surface area contributed by atoms with Gasteiger partial charge in [0.25, 0.3) is 0 Å². The van der Waals surface area contributed by atoms with Gasteiger partial charge < -0.3 is 14.2 Å². The topological polar surface area (TPSA) is 61.8 Å². The fourth-order valence-electron chi connectivity index (χ4n) is 1.41. The summed E-state index contributed by atoms with van der Waals surface area (Å²) in [5.41, 5.74) is 0. The maximum Gasteiger partial charge on any atom is 0.303 e. The first-order chi connectivity index (χ1) is 8.56. The zero-order valence-corrected chi connectivity index (χ0v) is 11.6. The minimum Gasteiger partial charge on any atom is -0.462 e. The van der Waals surface area contributed by atoms with E-state index >= 15 is 0 Å². The van der Waals surface area contributed by atoms with E-state index in [4.69, 9.17) is 14.2 Å². The number of carbonyl (C=O) groups is 2. The van der Waals surface area contributed by atoms with E-state index in [9.17, 15) is 9.59 Å². The molecule has 0 aromatic carbocycles. The Morgan fingerprint density at radius 2 is 1.72 bits per heavy atom. The number of ether oxygens (including phenoxy) is 3. The lowest BCUT2D eigenvalue weighted by Gasteiger charge is -2.16. The summed E-state index contributed by atoms with van der Waals surface area (Å²) in [6, 6.07) is 0. The molecule has 0 aliphatic rings. The number of carbonyl (C=O) groups excluding carboxylic acids is 2. The normalized spacial score (nSPS) is 11.9. The second-order valence-electron chi connectivity index (χ2n) is 4.17. The second kappa shape index (κ2) is 11.0. The van der Waals surface area contributed by atoms with Crippen molar-refractivity contribution in [2.75, 3.05) is 19.8 Å². The van der Waals surface area contributed by atoms with Crippen molar-refractivity contribution in [3.05, 3.63) is 0 Å². The summed E-state index contributed by atoms with van der Waals surface area (Å²) in [4.78, 5) is 21.5. The molecule has 0 aliphatic heterocycles. The van der Waals surface area contributed by atoms with Crippen molar-refractivity contribution >= 4 is 11.9 Å². The Hall–Kier alpha value is -1.10. The quantitative estimate of drug-likeness (QED) is 0.444. The van der Waals surface area contributed by atoms with Gasteiger partial charge in [-0.25, -0.2) is 0 Å². The van der Waals surface area contributed by atoms with Gasteiger partial charge in [-0.1, -0.05) is 26.2 Å². The van der Waals surface area contributed by atoms with E-state index in [2.05, 4.69) is 6.92 Å². The second-order valence-corrected chi connectivity index (χ2v) is 4.17. The largest absolute Gasteiger partial charge is 0.462 e. The third-order valence-corrected chi connectivity index (χ3v) is 2.25. The Morgan fingerprint density at radius 1 is 1.00 bits per heavy atom. The molecule has 0 N–H and O–H groups in total. The van der Waals surface area contributed by atoms with Gasteiger partial charge in [-0.15, -0.1) is 0 Å². The van der Waals surface area contributed by atoms with Crippen molar-refractivity contribution in [3.8, 4) is 0 Å². The van der Waals surface area contributed by atoms with Crippen LogP contribution in [-0.2, 0) is 23.8 Å². The van der Waals surface area contributed by atoms with Gasteiger partial charge in [-0.05, 0) is 6.42 Å². The smallest absolute Gasteiger partial charge is 0.303 e. The number of rotatable bonds is 10. The molecular formula is C13H24O5. The molecule has 1 atom stereocenters. The van der Waals surface area contributed by atoms with Crippen molar-refractivity contribution in [2.24, 2.45) is 0 Å². The maximum absolute atomic E-state index is 10.9. The molecule has 0 amide bonds. The van der Waals surface area contributed by atoms with Crippen LogP contribution in [0.5, 0.6) is 0 Å². The van der Waals surface area contributed by atoms with Crippen LogP contribution >= 0.6 is 0 Å². The fraction of sp³-hybridized carbons (Fsp3) is 0.846. The molecule has 0 aromatic heterocycles. The molecular weight excluding hydrogens is 236 g/mol. The average molecular weight is 260 g/mol. The first-order valence-corrected chi connectivity index (χ1v) is 6.44. The molecule has 1 unspecified atom stereocenters. The number of hydrogen-bond donors (Lipinski definition) is 0. The first-order valence-electron chi connectivity index (χ1n) is 6.44. The molecule has 0 saturated carbocycles. The maximum atomic E-state index is 10.9. The van der Waals surface area contributed by atoms with E-state index in [1.54, 1.807) is 0 Å². The van der Waals surface area contributed by atoms with E-state index < -0.39 is 18.0 Å². The zero-order valence-electron chi connectivity index (χ0n) is 11.6. The SMILES string of the molecule is CCCCCCOCC(COC(C)=O)OC(C)=O. The predicted molar refractivity (Wildman–Crippen MR) is 67.1 cm³/mol. The van der Waals surface area contributed by atoms with Crippen LogP contribution in [0, 0.1) is 0 Å². The molecule has 5 nitrogen and oxygen atoms in total. The predicted octanol–water partition coefficient (Wildman–Crippen LogP) is 2.08. The molecule has 18 heavy (non-hydrogen) atoms. The summed E-state index contributed by atoms with van der Waals surface area (Å²) in [6.07, 6.45) is 4.00. The molecule has 0 aliphatic carbocycles. The molecule has 0 saturated heterocycles. The Kier molecular flexibility index (Phi) is 10.3. The number of esters is 2. The highest BCUT2D eigenvalue weighted by Crippen LogP contribution is 2.01. The Morgan fingerprint density at radius 3 is 2.28 bits per heavy atom. The van der Waals surface area contributed by atoms with Crippen LogP contribution < -0.4 is 0 Å². The van der Waals surface area contributed by atoms with Gasteiger partial charge in [0, 0.05) is 20.5 Å². The highest BCUT2D eigenvalue weighted by molar-refractivity contribution is 5.67. The molecule has 0 fully saturated rings. The third kappa shape index (κ3) is 11.4. The van der Waals surface area contributed by atoms with Crippen LogP contribution in [0.25, 0.3) is 0 Å². The molecule has 106 valence electrons. The molecule has 5 heteroatoms. The van der Waals surface area contributed by atoms with E-state index in [0.717, 1.165) is 12.8 Å². The van der Waals surface area contributed by atoms with Gasteiger partial charge in [0.2, 0.25) is 0 Å². The summed E-state index contributed by atoms with van der Waals surface area (Å²) in [5, 5.41) is 0. The molecule has 0 aromatic rings. The summed E-state index contributed by atoms with van der Waals surface area (Å²) < 4.78 is 15.2. The van der Waals surface area contributed by atoms with Gasteiger partial charge >= 0.3 is 11.9 Å². The van der Waals surface area contributed by atoms with Gasteiger partial charge in [0.15, 0.2) is 6.10 Å².